The zero-order valence-corrected chi connectivity index (χ0v) is 17.9. The number of urea groups is 1. The van der Waals surface area contributed by atoms with Gasteiger partial charge in [-0.3, -0.25) is 10.1 Å². The molecule has 1 saturated carbocycles. The van der Waals surface area contributed by atoms with Crippen molar-refractivity contribution in [3.8, 4) is 0 Å². The Morgan fingerprint density at radius 3 is 2.71 bits per heavy atom. The zero-order chi connectivity index (χ0) is 20.9. The topological polar surface area (TPSA) is 110 Å². The summed E-state index contributed by atoms with van der Waals surface area (Å²) in [5.74, 6) is -0.344. The summed E-state index contributed by atoms with van der Waals surface area (Å²) >= 11 is 1.26. The van der Waals surface area contributed by atoms with Crippen molar-refractivity contribution in [3.63, 3.8) is 0 Å². The number of methoxy groups -OCH3 is 1. The summed E-state index contributed by atoms with van der Waals surface area (Å²) in [4.78, 5) is 43.4. The monoisotopic (exact) mass is 408 g/mol. The van der Waals surface area contributed by atoms with E-state index in [0.717, 1.165) is 24.1 Å². The molecule has 1 heterocycles. The van der Waals surface area contributed by atoms with Crippen molar-refractivity contribution in [2.45, 2.75) is 59.4 Å². The number of carbonyl (C=O) groups is 2. The fraction of sp³-hybridized carbons (Fsp3) is 0.684. The maximum Gasteiger partial charge on any atom is 0.321 e. The molecule has 0 spiro atoms. The number of amides is 2. The molecule has 0 radical (unpaired) electrons. The molecule has 0 bridgehead atoms. The summed E-state index contributed by atoms with van der Waals surface area (Å²) in [5.41, 5.74) is 0.561. The zero-order valence-electron chi connectivity index (χ0n) is 17.0. The lowest BCUT2D eigenvalue weighted by molar-refractivity contribution is -0.139. The Kier molecular flexibility index (Phi) is 6.96. The standard InChI is InChI=1S/C19H28N4O4S/c1-12-14(6-15(25)27-5)28-17(22-12)23-16(26)20-10-19(4)8-13(21-11-24)7-18(2,3)9-19/h13H,6-10H2,1-5H3,(H2,20,22,23,26). The predicted octanol–water partition coefficient (Wildman–Crippen LogP) is 3.21. The minimum atomic E-state index is -0.349. The number of hydrogen-bond donors (Lipinski definition) is 2. The Morgan fingerprint density at radius 2 is 2.07 bits per heavy atom. The highest BCUT2D eigenvalue weighted by Gasteiger charge is 2.41. The van der Waals surface area contributed by atoms with E-state index >= 15 is 0 Å². The number of rotatable bonds is 6. The molecule has 0 aromatic carbocycles. The van der Waals surface area contributed by atoms with Gasteiger partial charge in [0.25, 0.3) is 0 Å². The molecule has 154 valence electrons. The van der Waals surface area contributed by atoms with E-state index in [1.165, 1.54) is 18.4 Å². The minimum Gasteiger partial charge on any atom is -0.469 e. The van der Waals surface area contributed by atoms with Crippen LogP contribution in [0.2, 0.25) is 0 Å². The number of hydrogen-bond acceptors (Lipinski definition) is 7. The van der Waals surface area contributed by atoms with Gasteiger partial charge in [-0.05, 0) is 37.0 Å². The second kappa shape index (κ2) is 8.84. The van der Waals surface area contributed by atoms with Gasteiger partial charge in [-0.25, -0.2) is 19.6 Å². The highest BCUT2D eigenvalue weighted by Crippen LogP contribution is 2.46. The molecule has 2 atom stereocenters. The van der Waals surface area contributed by atoms with Crippen molar-refractivity contribution in [1.29, 1.82) is 0 Å². The lowest BCUT2D eigenvalue weighted by atomic mass is 9.63. The molecule has 0 aliphatic heterocycles. The van der Waals surface area contributed by atoms with Gasteiger partial charge in [0, 0.05) is 11.4 Å². The molecule has 1 aliphatic rings. The second-order valence-electron chi connectivity index (χ2n) is 8.52. The Hall–Kier alpha value is -2.25. The van der Waals surface area contributed by atoms with Crippen LogP contribution < -0.4 is 10.6 Å². The quantitative estimate of drug-likeness (QED) is 0.427. The first-order valence-corrected chi connectivity index (χ1v) is 10.0. The van der Waals surface area contributed by atoms with Gasteiger partial charge in [-0.15, -0.1) is 11.3 Å². The van der Waals surface area contributed by atoms with Crippen molar-refractivity contribution < 1.29 is 19.1 Å². The average Bonchev–Trinajstić information content (AvgIpc) is 2.90. The van der Waals surface area contributed by atoms with Crippen LogP contribution >= 0.6 is 11.3 Å². The highest BCUT2D eigenvalue weighted by atomic mass is 32.1. The predicted molar refractivity (Wildman–Crippen MR) is 107 cm³/mol. The van der Waals surface area contributed by atoms with E-state index in [9.17, 15) is 14.4 Å². The van der Waals surface area contributed by atoms with Gasteiger partial charge in [0.15, 0.2) is 5.13 Å². The van der Waals surface area contributed by atoms with E-state index in [4.69, 9.17) is 0 Å². The van der Waals surface area contributed by atoms with Crippen molar-refractivity contribution in [3.05, 3.63) is 10.6 Å². The van der Waals surface area contributed by atoms with Gasteiger partial charge in [-0.1, -0.05) is 20.8 Å². The van der Waals surface area contributed by atoms with Crippen LogP contribution in [0, 0.1) is 17.8 Å². The number of thiazole rings is 1. The molecule has 2 N–H and O–H groups in total. The number of ether oxygens (including phenoxy) is 1. The summed E-state index contributed by atoms with van der Waals surface area (Å²) in [6, 6.07) is -0.419. The number of aliphatic imine (C=N–C) groups is 1. The first-order chi connectivity index (χ1) is 13.1. The van der Waals surface area contributed by atoms with E-state index in [2.05, 4.69) is 46.1 Å². The smallest absolute Gasteiger partial charge is 0.321 e. The number of anilines is 1. The van der Waals surface area contributed by atoms with Crippen molar-refractivity contribution in [1.82, 2.24) is 10.3 Å². The molecule has 9 heteroatoms. The van der Waals surface area contributed by atoms with Crippen molar-refractivity contribution in [2.75, 3.05) is 19.0 Å². The van der Waals surface area contributed by atoms with E-state index in [0.29, 0.717) is 17.4 Å². The maximum absolute atomic E-state index is 12.3. The van der Waals surface area contributed by atoms with Crippen LogP contribution in [0.5, 0.6) is 0 Å². The van der Waals surface area contributed by atoms with Crippen LogP contribution in [0.4, 0.5) is 9.93 Å². The third-order valence-corrected chi connectivity index (χ3v) is 6.05. The summed E-state index contributed by atoms with van der Waals surface area (Å²) in [6.07, 6.45) is 4.29. The van der Waals surface area contributed by atoms with E-state index in [1.54, 1.807) is 13.0 Å². The van der Waals surface area contributed by atoms with Crippen LogP contribution in [0.15, 0.2) is 4.99 Å². The van der Waals surface area contributed by atoms with Crippen LogP contribution in [0.25, 0.3) is 0 Å². The van der Waals surface area contributed by atoms with E-state index in [-0.39, 0.29) is 35.3 Å². The van der Waals surface area contributed by atoms with Gasteiger partial charge in [0.2, 0.25) is 6.08 Å². The SMILES string of the molecule is COC(=O)Cc1sc(NC(=O)NCC2(C)CC(N=C=O)CC(C)(C)C2)nc1C. The summed E-state index contributed by atoms with van der Waals surface area (Å²) in [5, 5.41) is 6.07. The first kappa shape index (κ1) is 22.0. The second-order valence-corrected chi connectivity index (χ2v) is 9.61. The molecular weight excluding hydrogens is 380 g/mol. The fourth-order valence-electron chi connectivity index (χ4n) is 4.16. The Labute approximate surface area is 169 Å². The van der Waals surface area contributed by atoms with Crippen LogP contribution in [-0.4, -0.2) is 42.8 Å². The number of isocyanates is 1. The molecule has 2 amide bonds. The van der Waals surface area contributed by atoms with Crippen LogP contribution in [-0.2, 0) is 20.7 Å². The Morgan fingerprint density at radius 1 is 1.36 bits per heavy atom. The Bertz CT molecular complexity index is 785. The lowest BCUT2D eigenvalue weighted by Crippen LogP contribution is -2.45. The number of carbonyl (C=O) groups excluding carboxylic acids is 3. The normalized spacial score (nSPS) is 23.4. The summed E-state index contributed by atoms with van der Waals surface area (Å²) in [6.45, 7) is 8.66. The largest absolute Gasteiger partial charge is 0.469 e. The first-order valence-electron chi connectivity index (χ1n) is 9.21. The lowest BCUT2D eigenvalue weighted by Gasteiger charge is -2.45. The molecule has 1 fully saturated rings. The van der Waals surface area contributed by atoms with Gasteiger partial charge < -0.3 is 10.1 Å². The van der Waals surface area contributed by atoms with E-state index < -0.39 is 0 Å². The fourth-order valence-corrected chi connectivity index (χ4v) is 5.11. The number of aromatic nitrogens is 1. The van der Waals surface area contributed by atoms with Crippen LogP contribution in [0.1, 0.15) is 50.6 Å². The molecular formula is C19H28N4O4S. The third kappa shape index (κ3) is 6.14. The van der Waals surface area contributed by atoms with Crippen molar-refractivity contribution in [2.24, 2.45) is 15.8 Å². The number of esters is 1. The Balaban J connectivity index is 1.95. The van der Waals surface area contributed by atoms with Gasteiger partial charge in [0.1, 0.15) is 0 Å². The van der Waals surface area contributed by atoms with Gasteiger partial charge >= 0.3 is 12.0 Å². The minimum absolute atomic E-state index is 0.0331. The van der Waals surface area contributed by atoms with E-state index in [1.807, 2.05) is 0 Å². The molecule has 1 aromatic rings. The number of nitrogens with zero attached hydrogens (tertiary/aromatic N) is 2. The number of nitrogens with one attached hydrogen (secondary N) is 2. The number of aryl methyl sites for hydroxylation is 1. The molecule has 2 rings (SSSR count). The summed E-state index contributed by atoms with van der Waals surface area (Å²) < 4.78 is 4.67. The van der Waals surface area contributed by atoms with Crippen LogP contribution in [0.3, 0.4) is 0 Å². The third-order valence-electron chi connectivity index (χ3n) is 4.98. The molecule has 28 heavy (non-hydrogen) atoms. The van der Waals surface area contributed by atoms with Gasteiger partial charge in [-0.2, -0.15) is 0 Å². The molecule has 1 aliphatic carbocycles. The molecule has 0 saturated heterocycles. The molecule has 2 unspecified atom stereocenters. The maximum atomic E-state index is 12.3. The summed E-state index contributed by atoms with van der Waals surface area (Å²) in [7, 11) is 1.34. The van der Waals surface area contributed by atoms with Crippen molar-refractivity contribution >= 4 is 34.5 Å². The van der Waals surface area contributed by atoms with Gasteiger partial charge in [0.05, 0.1) is 25.3 Å². The molecule has 8 nitrogen and oxygen atoms in total. The highest BCUT2D eigenvalue weighted by molar-refractivity contribution is 7.16. The average molecular weight is 409 g/mol. The molecule has 1 aromatic heterocycles.